The molecule has 198 valence electrons. The lowest BCUT2D eigenvalue weighted by molar-refractivity contribution is -0.139. The van der Waals surface area contributed by atoms with Crippen molar-refractivity contribution in [2.75, 3.05) is 13.2 Å². The lowest BCUT2D eigenvalue weighted by Gasteiger charge is -2.26. The van der Waals surface area contributed by atoms with E-state index in [1.165, 1.54) is 4.90 Å². The Morgan fingerprint density at radius 1 is 0.923 bits per heavy atom. The van der Waals surface area contributed by atoms with Gasteiger partial charge in [-0.2, -0.15) is 0 Å². The van der Waals surface area contributed by atoms with Crippen LogP contribution in [-0.2, 0) is 16.1 Å². The van der Waals surface area contributed by atoms with E-state index in [0.717, 1.165) is 0 Å². The molecule has 1 aliphatic rings. The Morgan fingerprint density at radius 2 is 1.69 bits per heavy atom. The number of aryl methyl sites for hydroxylation is 1. The van der Waals surface area contributed by atoms with E-state index in [0.29, 0.717) is 54.5 Å². The fourth-order valence-corrected chi connectivity index (χ4v) is 4.73. The second-order valence-corrected chi connectivity index (χ2v) is 9.10. The van der Waals surface area contributed by atoms with Crippen molar-refractivity contribution in [3.8, 4) is 17.2 Å². The predicted molar refractivity (Wildman–Crippen MR) is 146 cm³/mol. The van der Waals surface area contributed by atoms with Crippen molar-refractivity contribution >= 4 is 17.4 Å². The lowest BCUT2D eigenvalue weighted by atomic mass is 9.95. The number of amides is 1. The maximum absolute atomic E-state index is 13.4. The molecule has 1 saturated heterocycles. The number of likely N-dealkylation sites (tertiary alicyclic amines) is 1. The van der Waals surface area contributed by atoms with Gasteiger partial charge >= 0.3 is 0 Å². The minimum Gasteiger partial charge on any atom is -0.507 e. The van der Waals surface area contributed by atoms with Crippen LogP contribution in [0.2, 0.25) is 0 Å². The van der Waals surface area contributed by atoms with Crippen LogP contribution < -0.4 is 9.47 Å². The second kappa shape index (κ2) is 11.7. The van der Waals surface area contributed by atoms with Gasteiger partial charge in [0.2, 0.25) is 0 Å². The van der Waals surface area contributed by atoms with Crippen LogP contribution in [0.5, 0.6) is 17.2 Å². The molecule has 1 aliphatic heterocycles. The molecule has 39 heavy (non-hydrogen) atoms. The molecule has 3 aromatic carbocycles. The van der Waals surface area contributed by atoms with E-state index in [-0.39, 0.29) is 11.3 Å². The summed E-state index contributed by atoms with van der Waals surface area (Å²) in [5.41, 5.74) is 1.10. The maximum atomic E-state index is 13.4. The van der Waals surface area contributed by atoms with Gasteiger partial charge in [-0.05, 0) is 55.3 Å². The zero-order valence-electron chi connectivity index (χ0n) is 21.6. The molecular formula is C31H29N3O5. The monoisotopic (exact) mass is 523 g/mol. The van der Waals surface area contributed by atoms with Crippen molar-refractivity contribution < 1.29 is 24.2 Å². The summed E-state index contributed by atoms with van der Waals surface area (Å²) in [4.78, 5) is 32.3. The number of ether oxygens (including phenoxy) is 2. The van der Waals surface area contributed by atoms with E-state index < -0.39 is 17.7 Å². The SMILES string of the molecule is CCOc1cccc(/C(O)=C2\C(=O)C(=O)N(CCCn3ccnc3)C2c2cccc(Oc3ccccc3)c2)c1. The number of para-hydroxylation sites is 1. The molecule has 5 rings (SSSR count). The largest absolute Gasteiger partial charge is 0.507 e. The zero-order valence-corrected chi connectivity index (χ0v) is 21.6. The number of Topliss-reactive ketones (excluding diaryl/α,β-unsaturated/α-hetero) is 1. The van der Waals surface area contributed by atoms with Crippen LogP contribution >= 0.6 is 0 Å². The maximum Gasteiger partial charge on any atom is 0.295 e. The number of imidazole rings is 1. The van der Waals surface area contributed by atoms with E-state index in [9.17, 15) is 14.7 Å². The lowest BCUT2D eigenvalue weighted by Crippen LogP contribution is -2.31. The number of aliphatic hydroxyl groups is 1. The second-order valence-electron chi connectivity index (χ2n) is 9.10. The third-order valence-electron chi connectivity index (χ3n) is 6.49. The van der Waals surface area contributed by atoms with Gasteiger partial charge in [0.1, 0.15) is 23.0 Å². The van der Waals surface area contributed by atoms with Crippen molar-refractivity contribution in [2.24, 2.45) is 0 Å². The van der Waals surface area contributed by atoms with Gasteiger partial charge in [-0.3, -0.25) is 9.59 Å². The molecule has 1 amide bonds. The Bertz CT molecular complexity index is 1480. The summed E-state index contributed by atoms with van der Waals surface area (Å²) in [6, 6.07) is 22.7. The summed E-state index contributed by atoms with van der Waals surface area (Å²) in [7, 11) is 0. The van der Waals surface area contributed by atoms with Crippen LogP contribution in [0.1, 0.15) is 30.5 Å². The normalized spacial score (nSPS) is 16.4. The summed E-state index contributed by atoms with van der Waals surface area (Å²) in [5, 5.41) is 11.4. The summed E-state index contributed by atoms with van der Waals surface area (Å²) in [6.45, 7) is 3.27. The Labute approximate surface area is 226 Å². The van der Waals surface area contributed by atoms with E-state index in [1.54, 1.807) is 42.9 Å². The highest BCUT2D eigenvalue weighted by molar-refractivity contribution is 6.46. The van der Waals surface area contributed by atoms with Gasteiger partial charge in [0.05, 0.1) is 24.5 Å². The van der Waals surface area contributed by atoms with Crippen LogP contribution in [0.3, 0.4) is 0 Å². The highest BCUT2D eigenvalue weighted by Gasteiger charge is 2.46. The third-order valence-corrected chi connectivity index (χ3v) is 6.49. The first-order chi connectivity index (χ1) is 19.0. The van der Waals surface area contributed by atoms with Gasteiger partial charge < -0.3 is 24.0 Å². The van der Waals surface area contributed by atoms with Crippen LogP contribution in [0, 0.1) is 0 Å². The van der Waals surface area contributed by atoms with Gasteiger partial charge in [0.25, 0.3) is 11.7 Å². The number of hydrogen-bond acceptors (Lipinski definition) is 6. The number of rotatable bonds is 10. The van der Waals surface area contributed by atoms with Gasteiger partial charge in [0.15, 0.2) is 0 Å². The molecule has 1 unspecified atom stereocenters. The van der Waals surface area contributed by atoms with E-state index >= 15 is 0 Å². The minimum absolute atomic E-state index is 0.0353. The van der Waals surface area contributed by atoms with Crippen LogP contribution in [0.4, 0.5) is 0 Å². The molecular weight excluding hydrogens is 494 g/mol. The Balaban J connectivity index is 1.54. The molecule has 1 N–H and O–H groups in total. The smallest absolute Gasteiger partial charge is 0.295 e. The standard InChI is InChI=1S/C31H29N3O5/c1-2-38-25-13-7-10-23(20-25)29(35)27-28(22-9-6-14-26(19-22)39-24-11-4-3-5-12-24)34(31(37)30(27)36)17-8-16-33-18-15-32-21-33/h3-7,9-15,18-21,28,35H,2,8,16-17H2,1H3/b29-27+. The molecule has 0 saturated carbocycles. The van der Waals surface area contributed by atoms with Crippen LogP contribution in [0.25, 0.3) is 5.76 Å². The molecule has 0 radical (unpaired) electrons. The third kappa shape index (κ3) is 5.70. The fraction of sp³-hybridized carbons (Fsp3) is 0.194. The first-order valence-electron chi connectivity index (χ1n) is 12.9. The summed E-state index contributed by atoms with van der Waals surface area (Å²) < 4.78 is 13.5. The molecule has 4 aromatic rings. The van der Waals surface area contributed by atoms with Crippen molar-refractivity contribution in [3.05, 3.63) is 114 Å². The molecule has 2 heterocycles. The Hall–Kier alpha value is -4.85. The number of ketones is 1. The van der Waals surface area contributed by atoms with Crippen molar-refractivity contribution in [3.63, 3.8) is 0 Å². The number of carbonyl (C=O) groups excluding carboxylic acids is 2. The molecule has 1 aromatic heterocycles. The summed E-state index contributed by atoms with van der Waals surface area (Å²) in [5.74, 6) is 0.161. The van der Waals surface area contributed by atoms with Crippen molar-refractivity contribution in [2.45, 2.75) is 25.9 Å². The quantitative estimate of drug-likeness (QED) is 0.166. The average molecular weight is 524 g/mol. The van der Waals surface area contributed by atoms with Gasteiger partial charge in [-0.25, -0.2) is 4.98 Å². The minimum atomic E-state index is -0.789. The van der Waals surface area contributed by atoms with Gasteiger partial charge in [0, 0.05) is 31.0 Å². The number of carbonyl (C=O) groups is 2. The average Bonchev–Trinajstić information content (AvgIpc) is 3.56. The molecule has 0 spiro atoms. The predicted octanol–water partition coefficient (Wildman–Crippen LogP) is 5.59. The molecule has 8 heteroatoms. The Kier molecular flexibility index (Phi) is 7.73. The van der Waals surface area contributed by atoms with Crippen LogP contribution in [0.15, 0.2) is 103 Å². The number of hydrogen-bond donors (Lipinski definition) is 1. The molecule has 0 aliphatic carbocycles. The Morgan fingerprint density at radius 3 is 2.46 bits per heavy atom. The molecule has 8 nitrogen and oxygen atoms in total. The van der Waals surface area contributed by atoms with Gasteiger partial charge in [-0.1, -0.05) is 42.5 Å². The van der Waals surface area contributed by atoms with Crippen molar-refractivity contribution in [1.82, 2.24) is 14.5 Å². The summed E-state index contributed by atoms with van der Waals surface area (Å²) >= 11 is 0. The van der Waals surface area contributed by atoms with E-state index in [4.69, 9.17) is 9.47 Å². The van der Waals surface area contributed by atoms with Crippen LogP contribution in [-0.4, -0.2) is 44.4 Å². The molecule has 0 bridgehead atoms. The molecule has 1 atom stereocenters. The van der Waals surface area contributed by atoms with E-state index in [2.05, 4.69) is 4.98 Å². The number of nitrogens with zero attached hydrogens (tertiary/aromatic N) is 3. The first-order valence-corrected chi connectivity index (χ1v) is 12.9. The summed E-state index contributed by atoms with van der Waals surface area (Å²) in [6.07, 6.45) is 5.85. The molecule has 1 fully saturated rings. The van der Waals surface area contributed by atoms with Gasteiger partial charge in [-0.15, -0.1) is 0 Å². The number of aliphatic hydroxyl groups excluding tert-OH is 1. The van der Waals surface area contributed by atoms with Crippen molar-refractivity contribution in [1.29, 1.82) is 0 Å². The fourth-order valence-electron chi connectivity index (χ4n) is 4.73. The highest BCUT2D eigenvalue weighted by atomic mass is 16.5. The zero-order chi connectivity index (χ0) is 27.2. The highest BCUT2D eigenvalue weighted by Crippen LogP contribution is 2.41. The number of aromatic nitrogens is 2. The van der Waals surface area contributed by atoms with E-state index in [1.807, 2.05) is 66.2 Å². The number of benzene rings is 3. The first kappa shape index (κ1) is 25.8. The topological polar surface area (TPSA) is 93.9 Å².